The average molecular weight is 834 g/mol. The molecule has 2 nitrogen and oxygen atoms in total. The quantitative estimate of drug-likeness (QED) is 0.0664. The zero-order chi connectivity index (χ0) is 33.2. The number of halogens is 3. The van der Waals surface area contributed by atoms with Crippen molar-refractivity contribution >= 4 is 9.42 Å². The standard InChI is InChI=1S/C40H57F2N2.ClH.Pt/c1-3-5-7-9-11-13-15-17-19-21-23-33-25-27-39(43-31-33)35-29-36(38(42)30-37(35)41)40-28-26-34(32-44-40)24-22-20-18-16-14-12-10-8-6-4-2;;/h25-28,30-32H,3-24H2,1-2H3;1H;/q-1;;+2/p-1. The zero-order valence-corrected chi connectivity index (χ0v) is 31.5. The van der Waals surface area contributed by atoms with E-state index in [4.69, 9.17) is 0 Å². The van der Waals surface area contributed by atoms with Crippen molar-refractivity contribution in [3.63, 3.8) is 0 Å². The molecule has 0 amide bonds. The molecule has 0 saturated carbocycles. The van der Waals surface area contributed by atoms with Gasteiger partial charge in [0.1, 0.15) is 0 Å². The molecule has 1 aromatic carbocycles. The van der Waals surface area contributed by atoms with Crippen molar-refractivity contribution in [1.29, 1.82) is 0 Å². The fourth-order valence-electron chi connectivity index (χ4n) is 5.95. The van der Waals surface area contributed by atoms with Gasteiger partial charge in [0.25, 0.3) is 0 Å². The SMILES string of the molecule is CCCCCCCCCCCCc1ccc(-c2[c-]c(-c3ccc(CCCCCCCCCCCC)cn3)c(F)cc2F)nc1.[Cl][Pt+]. The summed E-state index contributed by atoms with van der Waals surface area (Å²) in [6, 6.07) is 11.5. The first kappa shape index (κ1) is 40.5. The Hall–Kier alpha value is -1.64. The van der Waals surface area contributed by atoms with Gasteiger partial charge in [-0.15, -0.1) is 6.07 Å². The third kappa shape index (κ3) is 16.5. The van der Waals surface area contributed by atoms with Gasteiger partial charge in [-0.1, -0.05) is 171 Å². The van der Waals surface area contributed by atoms with E-state index in [2.05, 4.69) is 39.3 Å². The van der Waals surface area contributed by atoms with Gasteiger partial charge in [-0.3, -0.25) is 18.7 Å². The summed E-state index contributed by atoms with van der Waals surface area (Å²) in [7, 11) is 4.61. The van der Waals surface area contributed by atoms with Gasteiger partial charge in [-0.05, 0) is 36.8 Å². The van der Waals surface area contributed by atoms with Crippen LogP contribution in [0.4, 0.5) is 8.78 Å². The maximum absolute atomic E-state index is 14.8. The Bertz CT molecular complexity index is 1080. The van der Waals surface area contributed by atoms with Crippen molar-refractivity contribution in [2.24, 2.45) is 0 Å². The number of aromatic nitrogens is 2. The van der Waals surface area contributed by atoms with E-state index < -0.39 is 11.6 Å². The Labute approximate surface area is 294 Å². The second kappa shape index (κ2) is 26.3. The zero-order valence-electron chi connectivity index (χ0n) is 28.4. The number of rotatable bonds is 24. The second-order valence-electron chi connectivity index (χ2n) is 12.7. The molecule has 3 aromatic rings. The van der Waals surface area contributed by atoms with E-state index in [0.717, 1.165) is 42.9 Å². The summed E-state index contributed by atoms with van der Waals surface area (Å²) < 4.78 is 29.6. The molecule has 0 saturated heterocycles. The van der Waals surface area contributed by atoms with Crippen LogP contribution in [-0.2, 0) is 31.6 Å². The topological polar surface area (TPSA) is 25.8 Å². The Morgan fingerprint density at radius 2 is 0.848 bits per heavy atom. The van der Waals surface area contributed by atoms with Gasteiger partial charge in [0.05, 0.1) is 11.6 Å². The molecule has 0 bridgehead atoms. The summed E-state index contributed by atoms with van der Waals surface area (Å²) in [6.07, 6.45) is 31.8. The van der Waals surface area contributed by atoms with Crippen molar-refractivity contribution < 1.29 is 27.6 Å². The molecular formula is C40H57ClF2N2Pt. The molecule has 0 atom stereocenters. The minimum atomic E-state index is -0.654. The molecule has 0 aliphatic heterocycles. The molecule has 0 radical (unpaired) electrons. The Morgan fingerprint density at radius 1 is 0.522 bits per heavy atom. The maximum atomic E-state index is 14.8. The van der Waals surface area contributed by atoms with Gasteiger partial charge in [-0.25, -0.2) is 0 Å². The number of pyridine rings is 2. The van der Waals surface area contributed by atoms with Crippen molar-refractivity contribution in [2.75, 3.05) is 0 Å². The van der Waals surface area contributed by atoms with Crippen LogP contribution in [0.5, 0.6) is 0 Å². The number of hydrogen-bond acceptors (Lipinski definition) is 2. The van der Waals surface area contributed by atoms with Crippen molar-refractivity contribution in [3.8, 4) is 22.5 Å². The molecule has 0 unspecified atom stereocenters. The van der Waals surface area contributed by atoms with Crippen LogP contribution in [0.15, 0.2) is 42.7 Å². The summed E-state index contributed by atoms with van der Waals surface area (Å²) in [4.78, 5) is 9.03. The van der Waals surface area contributed by atoms with E-state index >= 15 is 0 Å². The fraction of sp³-hybridized carbons (Fsp3) is 0.600. The number of benzene rings is 1. The molecule has 0 aliphatic rings. The Balaban J connectivity index is 0.00000361. The molecule has 0 spiro atoms. The fourth-order valence-corrected chi connectivity index (χ4v) is 5.95. The summed E-state index contributed by atoms with van der Waals surface area (Å²) in [6.45, 7) is 4.52. The summed E-state index contributed by atoms with van der Waals surface area (Å²) in [5, 5.41) is 0. The van der Waals surface area contributed by atoms with E-state index in [9.17, 15) is 8.78 Å². The van der Waals surface area contributed by atoms with E-state index in [-0.39, 0.29) is 11.1 Å². The van der Waals surface area contributed by atoms with Crippen LogP contribution in [0.3, 0.4) is 0 Å². The van der Waals surface area contributed by atoms with E-state index in [1.165, 1.54) is 116 Å². The van der Waals surface area contributed by atoms with Gasteiger partial charge in [0, 0.05) is 23.8 Å². The summed E-state index contributed by atoms with van der Waals surface area (Å²) in [5.41, 5.74) is 3.60. The average Bonchev–Trinajstić information content (AvgIpc) is 3.08. The predicted molar refractivity (Wildman–Crippen MR) is 189 cm³/mol. The molecule has 3 rings (SSSR count). The van der Waals surface area contributed by atoms with Gasteiger partial charge >= 0.3 is 28.2 Å². The van der Waals surface area contributed by atoms with Crippen LogP contribution in [0, 0.1) is 17.7 Å². The Morgan fingerprint density at radius 3 is 1.15 bits per heavy atom. The number of hydrogen-bond donors (Lipinski definition) is 0. The van der Waals surface area contributed by atoms with Crippen LogP contribution in [0.2, 0.25) is 0 Å². The number of aryl methyl sites for hydroxylation is 2. The Kier molecular flexibility index (Phi) is 23.2. The van der Waals surface area contributed by atoms with Crippen LogP contribution < -0.4 is 0 Å². The van der Waals surface area contributed by atoms with Crippen molar-refractivity contribution in [3.05, 3.63) is 71.6 Å². The van der Waals surface area contributed by atoms with E-state index in [1.807, 2.05) is 36.7 Å². The van der Waals surface area contributed by atoms with Crippen LogP contribution in [-0.4, -0.2) is 9.97 Å². The van der Waals surface area contributed by atoms with Crippen molar-refractivity contribution in [1.82, 2.24) is 9.97 Å². The number of nitrogens with zero attached hydrogens (tertiary/aromatic N) is 2. The molecule has 46 heavy (non-hydrogen) atoms. The third-order valence-corrected chi connectivity index (χ3v) is 8.78. The van der Waals surface area contributed by atoms with Crippen LogP contribution in [0.25, 0.3) is 22.5 Å². The molecule has 258 valence electrons. The minimum absolute atomic E-state index is 0.183. The first-order valence-electron chi connectivity index (χ1n) is 18.1. The molecule has 0 fully saturated rings. The molecule has 0 N–H and O–H groups in total. The van der Waals surface area contributed by atoms with Gasteiger partial charge in [-0.2, -0.15) is 0 Å². The molecule has 2 heterocycles. The normalized spacial score (nSPS) is 11.0. The molecule has 2 aromatic heterocycles. The monoisotopic (exact) mass is 833 g/mol. The van der Waals surface area contributed by atoms with Gasteiger partial charge in [0.15, 0.2) is 0 Å². The molecule has 0 aliphatic carbocycles. The predicted octanol–water partition coefficient (Wildman–Crippen LogP) is 13.5. The summed E-state index contributed by atoms with van der Waals surface area (Å²) >= 11 is 1.61. The van der Waals surface area contributed by atoms with Crippen molar-refractivity contribution in [2.45, 2.75) is 155 Å². The first-order valence-corrected chi connectivity index (χ1v) is 20.9. The van der Waals surface area contributed by atoms with Gasteiger partial charge < -0.3 is 0 Å². The number of unbranched alkanes of at least 4 members (excludes halogenated alkanes) is 18. The van der Waals surface area contributed by atoms with Crippen LogP contribution in [0.1, 0.15) is 153 Å². The first-order chi connectivity index (χ1) is 22.6. The van der Waals surface area contributed by atoms with Crippen LogP contribution >= 0.6 is 9.42 Å². The summed E-state index contributed by atoms with van der Waals surface area (Å²) in [5.74, 6) is -1.31. The van der Waals surface area contributed by atoms with E-state index in [0.29, 0.717) is 11.4 Å². The molecule has 6 heteroatoms. The van der Waals surface area contributed by atoms with Gasteiger partial charge in [0.2, 0.25) is 0 Å². The third-order valence-electron chi connectivity index (χ3n) is 8.78. The molecular weight excluding hydrogens is 777 g/mol. The van der Waals surface area contributed by atoms with E-state index in [1.54, 1.807) is 18.8 Å². The second-order valence-corrected chi connectivity index (χ2v) is 12.7.